The van der Waals surface area contributed by atoms with Gasteiger partial charge in [-0.25, -0.2) is 4.39 Å². The number of hydrogen-bond donors (Lipinski definition) is 2. The smallest absolute Gasteiger partial charge is 0.186 e. The normalized spacial score (nSPS) is 11.1. The summed E-state index contributed by atoms with van der Waals surface area (Å²) in [5.41, 5.74) is 5.93. The lowest BCUT2D eigenvalue weighted by Crippen LogP contribution is -2.31. The molecule has 3 rings (SSSR count). The largest absolute Gasteiger partial charge is 0.362 e. The highest BCUT2D eigenvalue weighted by atomic mass is 32.1. The molecule has 0 atom stereocenters. The highest BCUT2D eigenvalue weighted by Crippen LogP contribution is 2.21. The van der Waals surface area contributed by atoms with E-state index in [0.717, 1.165) is 28.6 Å². The molecule has 0 aliphatic heterocycles. The van der Waals surface area contributed by atoms with Crippen LogP contribution in [0.2, 0.25) is 0 Å². The lowest BCUT2D eigenvalue weighted by molar-refractivity contribution is 0.626. The molecule has 0 unspecified atom stereocenters. The van der Waals surface area contributed by atoms with Gasteiger partial charge in [-0.15, -0.1) is 0 Å². The Balaban J connectivity index is 1.86. The van der Waals surface area contributed by atoms with Crippen molar-refractivity contribution in [3.63, 3.8) is 0 Å². The second-order valence-electron chi connectivity index (χ2n) is 5.59. The first-order chi connectivity index (χ1) is 12.2. The van der Waals surface area contributed by atoms with E-state index in [9.17, 15) is 4.39 Å². The summed E-state index contributed by atoms with van der Waals surface area (Å²) in [7, 11) is 0. The second-order valence-corrected chi connectivity index (χ2v) is 5.99. The summed E-state index contributed by atoms with van der Waals surface area (Å²) in [6.07, 6.45) is 3.79. The van der Waals surface area contributed by atoms with E-state index in [0.29, 0.717) is 11.7 Å². The van der Waals surface area contributed by atoms with Gasteiger partial charge in [-0.3, -0.25) is 5.43 Å². The number of aromatic nitrogens is 1. The number of nitrogens with one attached hydrogen (secondary N) is 2. The standard InChI is InChI=1S/C19H19FN4S/c1-2-21-19(25)23-22-11-15-13-24(18-6-4-3-5-17(15)18)12-14-7-9-16(20)10-8-14/h3-11,13H,2,12H2,1H3,(H2,21,23,25)/b22-11-. The molecule has 1 heterocycles. The van der Waals surface area contributed by atoms with Crippen LogP contribution in [0.4, 0.5) is 4.39 Å². The minimum Gasteiger partial charge on any atom is -0.362 e. The third kappa shape index (κ3) is 4.22. The molecule has 0 spiro atoms. The third-order valence-electron chi connectivity index (χ3n) is 3.79. The molecule has 0 aliphatic rings. The van der Waals surface area contributed by atoms with E-state index in [-0.39, 0.29) is 5.82 Å². The molecule has 0 saturated heterocycles. The van der Waals surface area contributed by atoms with E-state index >= 15 is 0 Å². The highest BCUT2D eigenvalue weighted by Gasteiger charge is 2.07. The summed E-state index contributed by atoms with van der Waals surface area (Å²) < 4.78 is 15.2. The van der Waals surface area contributed by atoms with Crippen molar-refractivity contribution in [1.29, 1.82) is 0 Å². The van der Waals surface area contributed by atoms with Crippen molar-refractivity contribution in [2.24, 2.45) is 5.10 Å². The van der Waals surface area contributed by atoms with Gasteiger partial charge in [-0.2, -0.15) is 5.10 Å². The van der Waals surface area contributed by atoms with Crippen molar-refractivity contribution in [1.82, 2.24) is 15.3 Å². The van der Waals surface area contributed by atoms with Gasteiger partial charge in [0.15, 0.2) is 5.11 Å². The SMILES string of the molecule is CCNC(=S)N/N=C\c1cn(Cc2ccc(F)cc2)c2ccccc12. The molecule has 2 N–H and O–H groups in total. The van der Waals surface area contributed by atoms with Crippen molar-refractivity contribution in [2.45, 2.75) is 13.5 Å². The minimum atomic E-state index is -0.225. The Kier molecular flexibility index (Phi) is 5.40. The average molecular weight is 354 g/mol. The molecule has 2 aromatic carbocycles. The van der Waals surface area contributed by atoms with Gasteiger partial charge in [0.1, 0.15) is 5.82 Å². The van der Waals surface area contributed by atoms with E-state index in [1.165, 1.54) is 12.1 Å². The number of rotatable bonds is 5. The molecule has 0 radical (unpaired) electrons. The van der Waals surface area contributed by atoms with Gasteiger partial charge in [0, 0.05) is 35.8 Å². The maximum absolute atomic E-state index is 13.1. The summed E-state index contributed by atoms with van der Waals surface area (Å²) in [6, 6.07) is 14.7. The van der Waals surface area contributed by atoms with Gasteiger partial charge in [-0.1, -0.05) is 30.3 Å². The first-order valence-corrected chi connectivity index (χ1v) is 8.47. The number of thiocarbonyl (C=S) groups is 1. The van der Waals surface area contributed by atoms with Gasteiger partial charge in [0.2, 0.25) is 0 Å². The Morgan fingerprint density at radius 3 is 2.72 bits per heavy atom. The molecule has 1 aromatic heterocycles. The zero-order valence-electron chi connectivity index (χ0n) is 13.9. The molecule has 128 valence electrons. The van der Waals surface area contributed by atoms with E-state index in [1.807, 2.05) is 25.3 Å². The van der Waals surface area contributed by atoms with E-state index in [2.05, 4.69) is 32.5 Å². The molecule has 0 aliphatic carbocycles. The van der Waals surface area contributed by atoms with E-state index in [4.69, 9.17) is 12.2 Å². The van der Waals surface area contributed by atoms with Crippen LogP contribution in [0.5, 0.6) is 0 Å². The average Bonchev–Trinajstić information content (AvgIpc) is 2.95. The van der Waals surface area contributed by atoms with Crippen molar-refractivity contribution in [2.75, 3.05) is 6.54 Å². The topological polar surface area (TPSA) is 41.4 Å². The molecule has 25 heavy (non-hydrogen) atoms. The van der Waals surface area contributed by atoms with Gasteiger partial charge in [0.25, 0.3) is 0 Å². The van der Waals surface area contributed by atoms with Crippen LogP contribution in [0, 0.1) is 5.82 Å². The van der Waals surface area contributed by atoms with Crippen molar-refractivity contribution in [3.8, 4) is 0 Å². The molecule has 0 fully saturated rings. The summed E-state index contributed by atoms with van der Waals surface area (Å²) >= 11 is 5.10. The Morgan fingerprint density at radius 1 is 1.20 bits per heavy atom. The van der Waals surface area contributed by atoms with Crippen LogP contribution in [0.3, 0.4) is 0 Å². The Hall–Kier alpha value is -2.73. The number of hydrazone groups is 1. The van der Waals surface area contributed by atoms with Crippen LogP contribution in [0.15, 0.2) is 59.8 Å². The Bertz CT molecular complexity index is 899. The molecule has 0 saturated carbocycles. The first kappa shape index (κ1) is 17.1. The third-order valence-corrected chi connectivity index (χ3v) is 4.03. The van der Waals surface area contributed by atoms with Gasteiger partial charge in [-0.05, 0) is 42.9 Å². The fourth-order valence-electron chi connectivity index (χ4n) is 2.66. The van der Waals surface area contributed by atoms with Gasteiger partial charge in [0.05, 0.1) is 6.21 Å². The molecule has 6 heteroatoms. The Morgan fingerprint density at radius 2 is 1.96 bits per heavy atom. The number of nitrogens with zero attached hydrogens (tertiary/aromatic N) is 2. The highest BCUT2D eigenvalue weighted by molar-refractivity contribution is 7.80. The van der Waals surface area contributed by atoms with Crippen molar-refractivity contribution in [3.05, 3.63) is 71.7 Å². The predicted octanol–water partition coefficient (Wildman–Crippen LogP) is 3.65. The maximum atomic E-state index is 13.1. The predicted molar refractivity (Wildman–Crippen MR) is 104 cm³/mol. The van der Waals surface area contributed by atoms with E-state index in [1.54, 1.807) is 18.3 Å². The number of benzene rings is 2. The van der Waals surface area contributed by atoms with Gasteiger partial charge < -0.3 is 9.88 Å². The quantitative estimate of drug-likeness (QED) is 0.417. The summed E-state index contributed by atoms with van der Waals surface area (Å²) in [4.78, 5) is 0. The monoisotopic (exact) mass is 354 g/mol. The zero-order chi connectivity index (χ0) is 17.6. The second kappa shape index (κ2) is 7.90. The number of fused-ring (bicyclic) bond motifs is 1. The Labute approximate surface area is 151 Å². The van der Waals surface area contributed by atoms with Crippen molar-refractivity contribution < 1.29 is 4.39 Å². The van der Waals surface area contributed by atoms with Crippen LogP contribution < -0.4 is 10.7 Å². The van der Waals surface area contributed by atoms with Crippen molar-refractivity contribution >= 4 is 34.4 Å². The summed E-state index contributed by atoms with van der Waals surface area (Å²) in [6.45, 7) is 3.39. The molecule has 0 bridgehead atoms. The summed E-state index contributed by atoms with van der Waals surface area (Å²) in [5.74, 6) is -0.225. The zero-order valence-corrected chi connectivity index (χ0v) is 14.7. The lowest BCUT2D eigenvalue weighted by atomic mass is 10.2. The van der Waals surface area contributed by atoms with Crippen LogP contribution in [0.25, 0.3) is 10.9 Å². The fourth-order valence-corrected chi connectivity index (χ4v) is 2.85. The molecular formula is C19H19FN4S. The molecule has 0 amide bonds. The number of hydrogen-bond acceptors (Lipinski definition) is 2. The fraction of sp³-hybridized carbons (Fsp3) is 0.158. The number of halogens is 1. The van der Waals surface area contributed by atoms with Crippen LogP contribution >= 0.6 is 12.2 Å². The number of para-hydroxylation sites is 1. The first-order valence-electron chi connectivity index (χ1n) is 8.06. The van der Waals surface area contributed by atoms with Crippen LogP contribution in [0.1, 0.15) is 18.1 Å². The van der Waals surface area contributed by atoms with Crippen LogP contribution in [-0.4, -0.2) is 22.4 Å². The van der Waals surface area contributed by atoms with Crippen LogP contribution in [-0.2, 0) is 6.54 Å². The molecule has 3 aromatic rings. The lowest BCUT2D eigenvalue weighted by Gasteiger charge is -2.05. The van der Waals surface area contributed by atoms with E-state index < -0.39 is 0 Å². The molecule has 4 nitrogen and oxygen atoms in total. The van der Waals surface area contributed by atoms with Gasteiger partial charge >= 0.3 is 0 Å². The minimum absolute atomic E-state index is 0.225. The molecular weight excluding hydrogens is 335 g/mol. The summed E-state index contributed by atoms with van der Waals surface area (Å²) in [5, 5.41) is 8.78. The maximum Gasteiger partial charge on any atom is 0.186 e.